The van der Waals surface area contributed by atoms with Crippen LogP contribution in [-0.4, -0.2) is 35.4 Å². The van der Waals surface area contributed by atoms with Crippen molar-refractivity contribution in [3.8, 4) is 0 Å². The van der Waals surface area contributed by atoms with Gasteiger partial charge in [-0.15, -0.1) is 0 Å². The fourth-order valence-corrected chi connectivity index (χ4v) is 1.66. The van der Waals surface area contributed by atoms with E-state index < -0.39 is 0 Å². The highest BCUT2D eigenvalue weighted by Gasteiger charge is 2.33. The Morgan fingerprint density at radius 1 is 1.69 bits per heavy atom. The molecule has 1 saturated heterocycles. The van der Waals surface area contributed by atoms with E-state index >= 15 is 0 Å². The van der Waals surface area contributed by atoms with Crippen molar-refractivity contribution >= 4 is 5.91 Å². The Bertz CT molecular complexity index is 407. The van der Waals surface area contributed by atoms with E-state index in [4.69, 9.17) is 4.74 Å². The van der Waals surface area contributed by atoms with Gasteiger partial charge in [0.25, 0.3) is 5.91 Å². The minimum atomic E-state index is -0.0567. The third-order valence-electron chi connectivity index (χ3n) is 3.06. The van der Waals surface area contributed by atoms with Crippen LogP contribution in [0, 0.1) is 12.3 Å². The number of carbonyl (C=O) groups is 1. The summed E-state index contributed by atoms with van der Waals surface area (Å²) >= 11 is 0. The number of aryl methyl sites for hydroxylation is 1. The van der Waals surface area contributed by atoms with Crippen molar-refractivity contribution in [1.82, 2.24) is 15.1 Å². The second kappa shape index (κ2) is 3.90. The Hall–Kier alpha value is -1.36. The van der Waals surface area contributed by atoms with Crippen LogP contribution >= 0.6 is 0 Å². The minimum Gasteiger partial charge on any atom is -0.380 e. The maximum absolute atomic E-state index is 11.9. The molecule has 5 heteroatoms. The summed E-state index contributed by atoms with van der Waals surface area (Å²) < 4.78 is 6.83. The Labute approximate surface area is 94.8 Å². The molecule has 2 rings (SSSR count). The van der Waals surface area contributed by atoms with Gasteiger partial charge in [-0.3, -0.25) is 9.48 Å². The fourth-order valence-electron chi connectivity index (χ4n) is 1.66. The lowest BCUT2D eigenvalue weighted by atomic mass is 9.89. The molecule has 0 spiro atoms. The summed E-state index contributed by atoms with van der Waals surface area (Å²) in [5.41, 5.74) is 1.63. The number of aromatic nitrogens is 2. The fraction of sp³-hybridized carbons (Fsp3) is 0.636. The van der Waals surface area contributed by atoms with Crippen LogP contribution in [0.4, 0.5) is 0 Å². The van der Waals surface area contributed by atoms with E-state index in [1.807, 2.05) is 14.0 Å². The van der Waals surface area contributed by atoms with Crippen LogP contribution < -0.4 is 5.32 Å². The number of hydrogen-bond donors (Lipinski definition) is 1. The zero-order valence-electron chi connectivity index (χ0n) is 9.91. The van der Waals surface area contributed by atoms with Crippen LogP contribution in [-0.2, 0) is 11.8 Å². The Kier molecular flexibility index (Phi) is 2.71. The van der Waals surface area contributed by atoms with E-state index in [9.17, 15) is 4.79 Å². The molecule has 1 aliphatic heterocycles. The van der Waals surface area contributed by atoms with Gasteiger partial charge in [0, 0.05) is 24.7 Å². The molecule has 1 N–H and O–H groups in total. The first kappa shape index (κ1) is 11.1. The number of carbonyl (C=O) groups excluding carboxylic acids is 1. The van der Waals surface area contributed by atoms with Crippen LogP contribution in [0.3, 0.4) is 0 Å². The van der Waals surface area contributed by atoms with Crippen molar-refractivity contribution in [2.45, 2.75) is 13.8 Å². The number of nitrogens with zero attached hydrogens (tertiary/aromatic N) is 2. The molecule has 88 valence electrons. The SMILES string of the molecule is Cc1c(C(=O)NCC2(C)COC2)cnn1C. The van der Waals surface area contributed by atoms with Crippen LogP contribution in [0.1, 0.15) is 23.0 Å². The second-order valence-electron chi connectivity index (χ2n) is 4.75. The van der Waals surface area contributed by atoms with Gasteiger partial charge in [-0.1, -0.05) is 6.92 Å². The maximum atomic E-state index is 11.9. The Morgan fingerprint density at radius 2 is 2.38 bits per heavy atom. The van der Waals surface area contributed by atoms with E-state index in [1.165, 1.54) is 0 Å². The summed E-state index contributed by atoms with van der Waals surface area (Å²) in [7, 11) is 1.83. The van der Waals surface area contributed by atoms with Gasteiger partial charge in [-0.05, 0) is 6.92 Å². The zero-order chi connectivity index (χ0) is 11.8. The second-order valence-corrected chi connectivity index (χ2v) is 4.75. The summed E-state index contributed by atoms with van der Waals surface area (Å²) in [6.45, 7) is 6.09. The molecule has 0 aromatic carbocycles. The predicted octanol–water partition coefficient (Wildman–Crippen LogP) is 0.495. The quantitative estimate of drug-likeness (QED) is 0.811. The van der Waals surface area contributed by atoms with Gasteiger partial charge < -0.3 is 10.1 Å². The third kappa shape index (κ3) is 1.95. The van der Waals surface area contributed by atoms with Crippen LogP contribution in [0.5, 0.6) is 0 Å². The molecule has 0 radical (unpaired) electrons. The molecular weight excluding hydrogens is 206 g/mol. The third-order valence-corrected chi connectivity index (χ3v) is 3.06. The van der Waals surface area contributed by atoms with Gasteiger partial charge in [0.1, 0.15) is 0 Å². The summed E-state index contributed by atoms with van der Waals surface area (Å²) in [6.07, 6.45) is 1.60. The average Bonchev–Trinajstić information content (AvgIpc) is 2.54. The number of hydrogen-bond acceptors (Lipinski definition) is 3. The highest BCUT2D eigenvalue weighted by atomic mass is 16.5. The average molecular weight is 223 g/mol. The van der Waals surface area contributed by atoms with Crippen molar-refractivity contribution in [2.24, 2.45) is 12.5 Å². The zero-order valence-corrected chi connectivity index (χ0v) is 9.91. The van der Waals surface area contributed by atoms with Crippen molar-refractivity contribution < 1.29 is 9.53 Å². The van der Waals surface area contributed by atoms with E-state index in [0.29, 0.717) is 12.1 Å². The predicted molar refractivity (Wildman–Crippen MR) is 59.2 cm³/mol. The lowest BCUT2D eigenvalue weighted by Gasteiger charge is -2.37. The molecule has 1 aromatic heterocycles. The van der Waals surface area contributed by atoms with Gasteiger partial charge in [0.15, 0.2) is 0 Å². The molecule has 0 saturated carbocycles. The molecule has 0 bridgehead atoms. The van der Waals surface area contributed by atoms with E-state index in [1.54, 1.807) is 10.9 Å². The highest BCUT2D eigenvalue weighted by Crippen LogP contribution is 2.25. The molecule has 1 aliphatic rings. The van der Waals surface area contributed by atoms with E-state index in [2.05, 4.69) is 17.3 Å². The molecule has 2 heterocycles. The largest absolute Gasteiger partial charge is 0.380 e. The summed E-state index contributed by atoms with van der Waals surface area (Å²) in [5.74, 6) is -0.0567. The van der Waals surface area contributed by atoms with Crippen LogP contribution in [0.15, 0.2) is 6.20 Å². The minimum absolute atomic E-state index is 0.0567. The number of nitrogens with one attached hydrogen (secondary N) is 1. The number of ether oxygens (including phenoxy) is 1. The number of rotatable bonds is 3. The monoisotopic (exact) mass is 223 g/mol. The normalized spacial score (nSPS) is 17.9. The van der Waals surface area contributed by atoms with Crippen molar-refractivity contribution in [3.05, 3.63) is 17.5 Å². The molecule has 5 nitrogen and oxygen atoms in total. The smallest absolute Gasteiger partial charge is 0.254 e. The Balaban J connectivity index is 1.95. The van der Waals surface area contributed by atoms with Crippen LogP contribution in [0.25, 0.3) is 0 Å². The maximum Gasteiger partial charge on any atom is 0.254 e. The molecular formula is C11H17N3O2. The van der Waals surface area contributed by atoms with Crippen molar-refractivity contribution in [2.75, 3.05) is 19.8 Å². The van der Waals surface area contributed by atoms with E-state index in [0.717, 1.165) is 18.9 Å². The molecule has 1 amide bonds. The van der Waals surface area contributed by atoms with Gasteiger partial charge in [-0.2, -0.15) is 5.10 Å². The highest BCUT2D eigenvalue weighted by molar-refractivity contribution is 5.95. The van der Waals surface area contributed by atoms with Gasteiger partial charge in [0.2, 0.25) is 0 Å². The molecule has 1 fully saturated rings. The van der Waals surface area contributed by atoms with Gasteiger partial charge >= 0.3 is 0 Å². The topological polar surface area (TPSA) is 56.1 Å². The summed E-state index contributed by atoms with van der Waals surface area (Å²) in [5, 5.41) is 6.97. The Morgan fingerprint density at radius 3 is 2.81 bits per heavy atom. The first-order valence-corrected chi connectivity index (χ1v) is 5.36. The van der Waals surface area contributed by atoms with Crippen LogP contribution in [0.2, 0.25) is 0 Å². The molecule has 0 aliphatic carbocycles. The van der Waals surface area contributed by atoms with E-state index in [-0.39, 0.29) is 11.3 Å². The summed E-state index contributed by atoms with van der Waals surface area (Å²) in [4.78, 5) is 11.9. The molecule has 0 atom stereocenters. The van der Waals surface area contributed by atoms with Gasteiger partial charge in [0.05, 0.1) is 25.0 Å². The summed E-state index contributed by atoms with van der Waals surface area (Å²) in [6, 6.07) is 0. The lowest BCUT2D eigenvalue weighted by Crippen LogP contribution is -2.48. The standard InChI is InChI=1S/C11H17N3O2/c1-8-9(4-13-14(8)3)10(15)12-5-11(2)6-16-7-11/h4H,5-7H2,1-3H3,(H,12,15). The van der Waals surface area contributed by atoms with Gasteiger partial charge in [-0.25, -0.2) is 0 Å². The van der Waals surface area contributed by atoms with Crippen molar-refractivity contribution in [3.63, 3.8) is 0 Å². The molecule has 0 unspecified atom stereocenters. The number of amides is 1. The lowest BCUT2D eigenvalue weighted by molar-refractivity contribution is -0.0978. The molecule has 1 aromatic rings. The molecule has 16 heavy (non-hydrogen) atoms. The van der Waals surface area contributed by atoms with Crippen molar-refractivity contribution in [1.29, 1.82) is 0 Å². The first-order chi connectivity index (χ1) is 7.52. The first-order valence-electron chi connectivity index (χ1n) is 5.36.